The van der Waals surface area contributed by atoms with E-state index in [9.17, 15) is 0 Å². The maximum absolute atomic E-state index is 5.53. The van der Waals surface area contributed by atoms with Gasteiger partial charge in [-0.3, -0.25) is 0 Å². The highest BCUT2D eigenvalue weighted by Crippen LogP contribution is 2.12. The van der Waals surface area contributed by atoms with Crippen LogP contribution in [-0.4, -0.2) is 31.3 Å². The Hall–Kier alpha value is -0.540. The molecule has 0 saturated carbocycles. The summed E-state index contributed by atoms with van der Waals surface area (Å²) in [5, 5.41) is 2.04. The van der Waals surface area contributed by atoms with Crippen LogP contribution in [0.4, 0.5) is 0 Å². The zero-order chi connectivity index (χ0) is 11.9. The first-order valence-corrected chi connectivity index (χ1v) is 5.57. The topological polar surface area (TPSA) is 24.5 Å². The molecule has 1 N–H and O–H groups in total. The molecule has 0 radical (unpaired) electrons. The van der Waals surface area contributed by atoms with Crippen molar-refractivity contribution in [1.29, 1.82) is 0 Å². The molecule has 0 aromatic rings. The molecule has 0 fully saturated rings. The minimum atomic E-state index is 0.245. The molecule has 0 atom stereocenters. The summed E-state index contributed by atoms with van der Waals surface area (Å²) in [5.74, 6) is 0. The van der Waals surface area contributed by atoms with Crippen LogP contribution in [0.25, 0.3) is 0 Å². The Morgan fingerprint density at radius 1 is 1.33 bits per heavy atom. The fraction of sp³-hybridized carbons (Fsp3) is 0.833. The first kappa shape index (κ1) is 14.5. The maximum atomic E-state index is 5.53. The van der Waals surface area contributed by atoms with Crippen LogP contribution >= 0.6 is 0 Å². The Morgan fingerprint density at radius 3 is 2.33 bits per heavy atom. The minimum absolute atomic E-state index is 0.245. The lowest BCUT2D eigenvalue weighted by molar-refractivity contribution is 0.0899. The monoisotopic (exact) mass is 214 g/mol. The number of rotatable bonds is 6. The molecule has 0 saturated heterocycles. The van der Waals surface area contributed by atoms with Crippen LogP contribution in [0.3, 0.4) is 0 Å². The smallest absolute Gasteiger partial charge is 0.0665 e. The largest absolute Gasteiger partial charge is 0.377 e. The summed E-state index contributed by atoms with van der Waals surface area (Å²) in [5.41, 5.74) is 3.34. The van der Waals surface area contributed by atoms with E-state index in [-0.39, 0.29) is 5.41 Å². The third kappa shape index (κ3) is 8.45. The lowest BCUT2D eigenvalue weighted by Crippen LogP contribution is -2.35. The average Bonchev–Trinajstić information content (AvgIpc) is 2.08. The van der Waals surface area contributed by atoms with Crippen LogP contribution in [0.5, 0.6) is 0 Å². The van der Waals surface area contributed by atoms with E-state index in [0.717, 1.165) is 6.61 Å². The van der Waals surface area contributed by atoms with Crippen molar-refractivity contribution in [3.8, 4) is 0 Å². The molecule has 0 bridgehead atoms. The predicted molar refractivity (Wildman–Crippen MR) is 65.4 cm³/mol. The molecule has 0 aliphatic heterocycles. The summed E-state index contributed by atoms with van der Waals surface area (Å²) in [6.45, 7) is 12.2. The highest BCUT2D eigenvalue weighted by molar-refractivity contribution is 4.82. The van der Waals surface area contributed by atoms with Crippen molar-refractivity contribution < 1.29 is 4.74 Å². The van der Waals surface area contributed by atoms with Crippen LogP contribution in [0.15, 0.2) is 12.3 Å². The molecule has 3 nitrogen and oxygen atoms in total. The molecule has 0 aliphatic rings. The normalized spacial score (nSPS) is 12.7. The third-order valence-electron chi connectivity index (χ3n) is 1.83. The van der Waals surface area contributed by atoms with Crippen LogP contribution < -0.4 is 5.43 Å². The van der Waals surface area contributed by atoms with E-state index < -0.39 is 0 Å². The van der Waals surface area contributed by atoms with Crippen molar-refractivity contribution in [2.75, 3.05) is 20.3 Å². The highest BCUT2D eigenvalue weighted by Gasteiger charge is 2.08. The first-order valence-electron chi connectivity index (χ1n) is 5.57. The first-order chi connectivity index (χ1) is 6.87. The van der Waals surface area contributed by atoms with Crippen LogP contribution in [0, 0.1) is 5.41 Å². The Bertz CT molecular complexity index is 183. The van der Waals surface area contributed by atoms with Gasteiger partial charge in [-0.25, -0.2) is 5.43 Å². The summed E-state index contributed by atoms with van der Waals surface area (Å²) in [6, 6.07) is 0.453. The summed E-state index contributed by atoms with van der Waals surface area (Å²) in [7, 11) is 1.92. The lowest BCUT2D eigenvalue weighted by atomic mass is 9.99. The molecule has 3 heteroatoms. The summed E-state index contributed by atoms with van der Waals surface area (Å²) >= 11 is 0. The van der Waals surface area contributed by atoms with E-state index in [1.807, 2.05) is 24.3 Å². The van der Waals surface area contributed by atoms with E-state index in [1.54, 1.807) is 0 Å². The zero-order valence-electron chi connectivity index (χ0n) is 11.0. The summed E-state index contributed by atoms with van der Waals surface area (Å²) in [6.07, 6.45) is 4.05. The second kappa shape index (κ2) is 6.85. The number of nitrogens with one attached hydrogen (secondary N) is 1. The molecule has 15 heavy (non-hydrogen) atoms. The van der Waals surface area contributed by atoms with Crippen molar-refractivity contribution >= 4 is 0 Å². The van der Waals surface area contributed by atoms with Gasteiger partial charge in [0, 0.05) is 19.3 Å². The second-order valence-corrected chi connectivity index (χ2v) is 5.19. The Morgan fingerprint density at radius 2 is 1.93 bits per heavy atom. The molecule has 0 amide bonds. The Labute approximate surface area is 94.5 Å². The van der Waals surface area contributed by atoms with Gasteiger partial charge >= 0.3 is 0 Å². The Kier molecular flexibility index (Phi) is 6.61. The molecule has 0 aromatic carbocycles. The van der Waals surface area contributed by atoms with Gasteiger partial charge in [-0.05, 0) is 25.3 Å². The number of hydrogen-bond donors (Lipinski definition) is 1. The number of ether oxygens (including phenoxy) is 1. The predicted octanol–water partition coefficient (Wildman–Crippen LogP) is 2.41. The molecule has 0 rings (SSSR count). The third-order valence-corrected chi connectivity index (χ3v) is 1.83. The van der Waals surface area contributed by atoms with Crippen molar-refractivity contribution in [2.45, 2.75) is 40.7 Å². The van der Waals surface area contributed by atoms with Gasteiger partial charge in [0.05, 0.1) is 13.2 Å². The van der Waals surface area contributed by atoms with Crippen LogP contribution in [-0.2, 0) is 4.74 Å². The molecule has 0 unspecified atom stereocenters. The summed E-state index contributed by atoms with van der Waals surface area (Å²) in [4.78, 5) is 0. The molecular formula is C12H26N2O. The molecule has 0 aliphatic carbocycles. The van der Waals surface area contributed by atoms with Crippen molar-refractivity contribution in [3.05, 3.63) is 12.3 Å². The molecule has 90 valence electrons. The SMILES string of the molecule is CNN(/C=C\COCC(C)(C)C)C(C)C. The zero-order valence-corrected chi connectivity index (χ0v) is 11.0. The average molecular weight is 214 g/mol. The number of nitrogens with zero attached hydrogens (tertiary/aromatic N) is 1. The van der Waals surface area contributed by atoms with E-state index >= 15 is 0 Å². The van der Waals surface area contributed by atoms with Crippen molar-refractivity contribution in [1.82, 2.24) is 10.4 Å². The van der Waals surface area contributed by atoms with Crippen LogP contribution in [0.2, 0.25) is 0 Å². The molecule has 0 aromatic heterocycles. The van der Waals surface area contributed by atoms with Gasteiger partial charge in [0.25, 0.3) is 0 Å². The van der Waals surface area contributed by atoms with Gasteiger partial charge in [0.2, 0.25) is 0 Å². The molecule has 0 spiro atoms. The summed E-state index contributed by atoms with van der Waals surface area (Å²) < 4.78 is 5.53. The minimum Gasteiger partial charge on any atom is -0.377 e. The standard InChI is InChI=1S/C12H26N2O/c1-11(2)14(13-6)8-7-9-15-10-12(3,4)5/h7-8,11,13H,9-10H2,1-6H3/b8-7-. The Balaban J connectivity index is 3.70. The van der Waals surface area contributed by atoms with E-state index in [0.29, 0.717) is 12.6 Å². The molecule has 0 heterocycles. The maximum Gasteiger partial charge on any atom is 0.0665 e. The molecular weight excluding hydrogens is 188 g/mol. The van der Waals surface area contributed by atoms with Gasteiger partial charge in [-0.15, -0.1) is 0 Å². The highest BCUT2D eigenvalue weighted by atomic mass is 16.5. The van der Waals surface area contributed by atoms with Crippen molar-refractivity contribution in [2.24, 2.45) is 5.41 Å². The van der Waals surface area contributed by atoms with E-state index in [4.69, 9.17) is 4.74 Å². The second-order valence-electron chi connectivity index (χ2n) is 5.19. The van der Waals surface area contributed by atoms with Crippen LogP contribution in [0.1, 0.15) is 34.6 Å². The van der Waals surface area contributed by atoms with Gasteiger partial charge in [0.15, 0.2) is 0 Å². The number of hydrazine groups is 1. The fourth-order valence-electron chi connectivity index (χ4n) is 1.09. The van der Waals surface area contributed by atoms with Gasteiger partial charge < -0.3 is 9.75 Å². The quantitative estimate of drug-likeness (QED) is 0.543. The fourth-order valence-corrected chi connectivity index (χ4v) is 1.09. The lowest BCUT2D eigenvalue weighted by Gasteiger charge is -2.23. The van der Waals surface area contributed by atoms with Crippen molar-refractivity contribution in [3.63, 3.8) is 0 Å². The van der Waals surface area contributed by atoms with E-state index in [1.165, 1.54) is 0 Å². The van der Waals surface area contributed by atoms with E-state index in [2.05, 4.69) is 40.0 Å². The van der Waals surface area contributed by atoms with Gasteiger partial charge in [-0.2, -0.15) is 0 Å². The number of hydrogen-bond acceptors (Lipinski definition) is 3. The van der Waals surface area contributed by atoms with Gasteiger partial charge in [0.1, 0.15) is 0 Å². The van der Waals surface area contributed by atoms with Gasteiger partial charge in [-0.1, -0.05) is 20.8 Å².